The molecule has 2 aromatic heterocycles. The normalized spacial score (nSPS) is 27.6. The minimum atomic E-state index is -0.0731. The van der Waals surface area contributed by atoms with Crippen molar-refractivity contribution >= 4 is 0 Å². The number of aromatic nitrogens is 3. The molecular weight excluding hydrogens is 304 g/mol. The van der Waals surface area contributed by atoms with Crippen LogP contribution in [0, 0.1) is 0 Å². The maximum absolute atomic E-state index is 6.23. The number of hydrogen-bond acceptors (Lipinski definition) is 5. The van der Waals surface area contributed by atoms with Gasteiger partial charge in [-0.15, -0.1) is 0 Å². The van der Waals surface area contributed by atoms with Crippen LogP contribution in [0.15, 0.2) is 36.9 Å². The van der Waals surface area contributed by atoms with Crippen LogP contribution in [0.25, 0.3) is 0 Å². The maximum Gasteiger partial charge on any atom is 0.138 e. The highest BCUT2D eigenvalue weighted by Gasteiger charge is 2.44. The summed E-state index contributed by atoms with van der Waals surface area (Å²) in [6.45, 7) is 3.59. The molecule has 2 aliphatic rings. The first-order valence-corrected chi connectivity index (χ1v) is 8.62. The van der Waals surface area contributed by atoms with Gasteiger partial charge in [0.05, 0.1) is 24.9 Å². The SMILES string of the molecule is Cn1ccnc1CN1CCCC2(CC(Oc3cccnc3)CO2)C1. The van der Waals surface area contributed by atoms with Crippen LogP contribution < -0.4 is 4.74 Å². The standard InChI is InChI=1S/C18H24N4O2/c1-21-9-7-20-17(21)12-22-8-3-5-18(14-22)10-16(13-23-18)24-15-4-2-6-19-11-15/h2,4,6-7,9,11,16H,3,5,8,10,12-14H2,1H3. The van der Waals surface area contributed by atoms with Gasteiger partial charge >= 0.3 is 0 Å². The van der Waals surface area contributed by atoms with Gasteiger partial charge in [0.25, 0.3) is 0 Å². The van der Waals surface area contributed by atoms with E-state index < -0.39 is 0 Å². The Balaban J connectivity index is 1.38. The van der Waals surface area contributed by atoms with Gasteiger partial charge in [0.15, 0.2) is 0 Å². The third-order valence-corrected chi connectivity index (χ3v) is 5.02. The zero-order valence-corrected chi connectivity index (χ0v) is 14.1. The molecule has 2 saturated heterocycles. The molecule has 1 spiro atoms. The zero-order valence-electron chi connectivity index (χ0n) is 14.1. The lowest BCUT2D eigenvalue weighted by molar-refractivity contribution is -0.0544. The van der Waals surface area contributed by atoms with Gasteiger partial charge < -0.3 is 14.0 Å². The first kappa shape index (κ1) is 15.6. The molecule has 4 heterocycles. The van der Waals surface area contributed by atoms with Crippen molar-refractivity contribution in [1.29, 1.82) is 0 Å². The van der Waals surface area contributed by atoms with Crippen molar-refractivity contribution in [1.82, 2.24) is 19.4 Å². The quantitative estimate of drug-likeness (QED) is 0.859. The van der Waals surface area contributed by atoms with Crippen molar-refractivity contribution < 1.29 is 9.47 Å². The van der Waals surface area contributed by atoms with Crippen LogP contribution in [0.4, 0.5) is 0 Å². The summed E-state index contributed by atoms with van der Waals surface area (Å²) in [4.78, 5) is 11.0. The molecule has 2 atom stereocenters. The van der Waals surface area contributed by atoms with Crippen LogP contribution in [0.5, 0.6) is 5.75 Å². The lowest BCUT2D eigenvalue weighted by atomic mass is 9.89. The second kappa shape index (κ2) is 6.53. The summed E-state index contributed by atoms with van der Waals surface area (Å²) < 4.78 is 14.4. The van der Waals surface area contributed by atoms with Gasteiger partial charge in [0.2, 0.25) is 0 Å². The molecule has 24 heavy (non-hydrogen) atoms. The molecule has 6 heteroatoms. The van der Waals surface area contributed by atoms with E-state index in [9.17, 15) is 0 Å². The minimum absolute atomic E-state index is 0.0731. The maximum atomic E-state index is 6.23. The van der Waals surface area contributed by atoms with E-state index in [-0.39, 0.29) is 11.7 Å². The largest absolute Gasteiger partial charge is 0.486 e. The van der Waals surface area contributed by atoms with Gasteiger partial charge in [0, 0.05) is 38.6 Å². The zero-order chi connectivity index (χ0) is 16.4. The van der Waals surface area contributed by atoms with Crippen molar-refractivity contribution in [3.8, 4) is 5.75 Å². The van der Waals surface area contributed by atoms with Gasteiger partial charge in [-0.2, -0.15) is 0 Å². The molecule has 0 N–H and O–H groups in total. The van der Waals surface area contributed by atoms with Crippen LogP contribution >= 0.6 is 0 Å². The molecule has 0 bridgehead atoms. The predicted octanol–water partition coefficient (Wildman–Crippen LogP) is 2.02. The first-order valence-electron chi connectivity index (χ1n) is 8.62. The highest BCUT2D eigenvalue weighted by atomic mass is 16.6. The summed E-state index contributed by atoms with van der Waals surface area (Å²) in [6, 6.07) is 3.85. The van der Waals surface area contributed by atoms with E-state index >= 15 is 0 Å². The molecule has 0 aliphatic carbocycles. The van der Waals surface area contributed by atoms with Gasteiger partial charge in [0.1, 0.15) is 17.7 Å². The molecule has 0 radical (unpaired) electrons. The summed E-state index contributed by atoms with van der Waals surface area (Å²) in [5, 5.41) is 0. The molecule has 2 fully saturated rings. The molecule has 2 aromatic rings. The Hall–Kier alpha value is -1.92. The number of pyridine rings is 1. The van der Waals surface area contributed by atoms with E-state index in [1.165, 1.54) is 0 Å². The first-order chi connectivity index (χ1) is 11.7. The predicted molar refractivity (Wildman–Crippen MR) is 89.7 cm³/mol. The molecule has 128 valence electrons. The van der Waals surface area contributed by atoms with E-state index in [0.29, 0.717) is 6.61 Å². The topological polar surface area (TPSA) is 52.4 Å². The van der Waals surface area contributed by atoms with E-state index in [1.54, 1.807) is 12.4 Å². The molecule has 2 unspecified atom stereocenters. The fourth-order valence-corrected chi connectivity index (χ4v) is 3.85. The number of ether oxygens (including phenoxy) is 2. The summed E-state index contributed by atoms with van der Waals surface area (Å²) in [5.74, 6) is 1.93. The van der Waals surface area contributed by atoms with Crippen LogP contribution in [-0.2, 0) is 18.3 Å². The fourth-order valence-electron chi connectivity index (χ4n) is 3.85. The lowest BCUT2D eigenvalue weighted by Gasteiger charge is -2.39. The van der Waals surface area contributed by atoms with Crippen LogP contribution in [0.1, 0.15) is 25.1 Å². The highest BCUT2D eigenvalue weighted by Crippen LogP contribution is 2.36. The number of aryl methyl sites for hydroxylation is 1. The Labute approximate surface area is 142 Å². The highest BCUT2D eigenvalue weighted by molar-refractivity contribution is 5.16. The molecule has 0 saturated carbocycles. The van der Waals surface area contributed by atoms with E-state index in [2.05, 4.69) is 19.4 Å². The molecule has 2 aliphatic heterocycles. The van der Waals surface area contributed by atoms with Gasteiger partial charge in [-0.1, -0.05) is 0 Å². The second-order valence-corrected chi connectivity index (χ2v) is 6.90. The smallest absolute Gasteiger partial charge is 0.138 e. The Morgan fingerprint density at radius 3 is 3.17 bits per heavy atom. The van der Waals surface area contributed by atoms with Crippen molar-refractivity contribution in [3.63, 3.8) is 0 Å². The fraction of sp³-hybridized carbons (Fsp3) is 0.556. The number of hydrogen-bond donors (Lipinski definition) is 0. The number of rotatable bonds is 4. The Bertz CT molecular complexity index is 675. The summed E-state index contributed by atoms with van der Waals surface area (Å²) >= 11 is 0. The average molecular weight is 328 g/mol. The minimum Gasteiger partial charge on any atom is -0.486 e. The number of nitrogens with zero attached hydrogens (tertiary/aromatic N) is 4. The average Bonchev–Trinajstić information content (AvgIpc) is 3.16. The van der Waals surface area contributed by atoms with Crippen LogP contribution in [-0.4, -0.2) is 50.8 Å². The second-order valence-electron chi connectivity index (χ2n) is 6.90. The number of likely N-dealkylation sites (tertiary alicyclic amines) is 1. The lowest BCUT2D eigenvalue weighted by Crippen LogP contribution is -2.47. The summed E-state index contributed by atoms with van der Waals surface area (Å²) in [7, 11) is 2.05. The van der Waals surface area contributed by atoms with Gasteiger partial charge in [-0.05, 0) is 31.5 Å². The van der Waals surface area contributed by atoms with Gasteiger partial charge in [-0.25, -0.2) is 4.98 Å². The van der Waals surface area contributed by atoms with E-state index in [0.717, 1.165) is 50.5 Å². The van der Waals surface area contributed by atoms with Crippen molar-refractivity contribution in [3.05, 3.63) is 42.7 Å². The van der Waals surface area contributed by atoms with Gasteiger partial charge in [-0.3, -0.25) is 9.88 Å². The molecular formula is C18H24N4O2. The summed E-state index contributed by atoms with van der Waals surface area (Å²) in [6.07, 6.45) is 10.7. The molecule has 0 amide bonds. The Morgan fingerprint density at radius 1 is 1.42 bits per heavy atom. The molecule has 6 nitrogen and oxygen atoms in total. The third kappa shape index (κ3) is 3.30. The third-order valence-electron chi connectivity index (χ3n) is 5.02. The summed E-state index contributed by atoms with van der Waals surface area (Å²) in [5.41, 5.74) is -0.0731. The van der Waals surface area contributed by atoms with Crippen molar-refractivity contribution in [2.75, 3.05) is 19.7 Å². The molecule has 0 aromatic carbocycles. The van der Waals surface area contributed by atoms with Crippen molar-refractivity contribution in [2.45, 2.75) is 37.5 Å². The van der Waals surface area contributed by atoms with E-state index in [1.807, 2.05) is 31.6 Å². The van der Waals surface area contributed by atoms with Crippen LogP contribution in [0.3, 0.4) is 0 Å². The van der Waals surface area contributed by atoms with E-state index in [4.69, 9.17) is 9.47 Å². The van der Waals surface area contributed by atoms with Crippen LogP contribution in [0.2, 0.25) is 0 Å². The number of piperidine rings is 1. The Morgan fingerprint density at radius 2 is 2.38 bits per heavy atom. The Kier molecular flexibility index (Phi) is 4.24. The monoisotopic (exact) mass is 328 g/mol. The number of imidazole rings is 1. The van der Waals surface area contributed by atoms with Crippen molar-refractivity contribution in [2.24, 2.45) is 7.05 Å². The molecule has 4 rings (SSSR count).